The van der Waals surface area contributed by atoms with Gasteiger partial charge in [-0.15, -0.1) is 10.2 Å². The Balaban J connectivity index is 1.93. The van der Waals surface area contributed by atoms with E-state index in [1.807, 2.05) is 0 Å². The quantitative estimate of drug-likeness (QED) is 0.837. The lowest BCUT2D eigenvalue weighted by Gasteiger charge is -2.12. The molecule has 0 spiro atoms. The van der Waals surface area contributed by atoms with E-state index in [0.717, 1.165) is 0 Å². The van der Waals surface area contributed by atoms with Crippen molar-refractivity contribution in [3.05, 3.63) is 39.2 Å². The zero-order valence-corrected chi connectivity index (χ0v) is 11.0. The Morgan fingerprint density at radius 1 is 1.38 bits per heavy atom. The van der Waals surface area contributed by atoms with Crippen molar-refractivity contribution in [1.82, 2.24) is 25.9 Å². The Bertz CT molecular complexity index is 425. The molecule has 16 heavy (non-hydrogen) atoms. The van der Waals surface area contributed by atoms with Gasteiger partial charge in [0.15, 0.2) is 5.82 Å². The van der Waals surface area contributed by atoms with Gasteiger partial charge in [-0.3, -0.25) is 0 Å². The van der Waals surface area contributed by atoms with E-state index in [2.05, 4.69) is 79.7 Å². The third kappa shape index (κ3) is 2.99. The first-order valence-corrected chi connectivity index (χ1v) is 6.05. The predicted octanol–water partition coefficient (Wildman–Crippen LogP) is 1.66. The maximum atomic E-state index is 3.89. The van der Waals surface area contributed by atoms with Crippen LogP contribution in [0.15, 0.2) is 24.3 Å². The molecule has 0 aliphatic heterocycles. The number of nitrogens with one attached hydrogen (secondary N) is 2. The van der Waals surface area contributed by atoms with E-state index >= 15 is 0 Å². The van der Waals surface area contributed by atoms with Crippen molar-refractivity contribution >= 4 is 22.6 Å². The minimum Gasteiger partial charge on any atom is -0.303 e. The molecule has 1 aromatic carbocycles. The van der Waals surface area contributed by atoms with Crippen LogP contribution in [0.2, 0.25) is 0 Å². The van der Waals surface area contributed by atoms with Gasteiger partial charge in [0.2, 0.25) is 0 Å². The lowest BCUT2D eigenvalue weighted by Crippen LogP contribution is -2.18. The van der Waals surface area contributed by atoms with Crippen LogP contribution in [0.25, 0.3) is 0 Å². The molecule has 1 atom stereocenters. The third-order valence-electron chi connectivity index (χ3n) is 2.33. The van der Waals surface area contributed by atoms with Gasteiger partial charge in [0.05, 0.1) is 6.54 Å². The molecule has 1 aromatic heterocycles. The van der Waals surface area contributed by atoms with Crippen LogP contribution in [0.3, 0.4) is 0 Å². The van der Waals surface area contributed by atoms with Gasteiger partial charge < -0.3 is 5.32 Å². The molecule has 2 N–H and O–H groups in total. The van der Waals surface area contributed by atoms with Gasteiger partial charge in [-0.05, 0) is 47.2 Å². The van der Waals surface area contributed by atoms with Gasteiger partial charge in [0.1, 0.15) is 0 Å². The van der Waals surface area contributed by atoms with E-state index in [1.54, 1.807) is 0 Å². The van der Waals surface area contributed by atoms with Crippen molar-refractivity contribution in [2.75, 3.05) is 0 Å². The van der Waals surface area contributed by atoms with Crippen molar-refractivity contribution in [2.24, 2.45) is 0 Å². The fourth-order valence-electron chi connectivity index (χ4n) is 1.37. The molecule has 5 nitrogen and oxygen atoms in total. The lowest BCUT2D eigenvalue weighted by molar-refractivity contribution is 0.559. The fourth-order valence-corrected chi connectivity index (χ4v) is 1.73. The van der Waals surface area contributed by atoms with E-state index in [4.69, 9.17) is 0 Å². The molecule has 0 bridgehead atoms. The highest BCUT2D eigenvalue weighted by atomic mass is 127. The average molecular weight is 329 g/mol. The molecular formula is C10H12IN5. The first-order chi connectivity index (χ1) is 7.75. The van der Waals surface area contributed by atoms with Crippen LogP contribution in [-0.2, 0) is 6.54 Å². The number of tetrazole rings is 1. The highest BCUT2D eigenvalue weighted by molar-refractivity contribution is 14.1. The van der Waals surface area contributed by atoms with Crippen LogP contribution >= 0.6 is 22.6 Å². The van der Waals surface area contributed by atoms with Gasteiger partial charge in [0.25, 0.3) is 0 Å². The van der Waals surface area contributed by atoms with Gasteiger partial charge in [0, 0.05) is 9.61 Å². The topological polar surface area (TPSA) is 66.5 Å². The highest BCUT2D eigenvalue weighted by Crippen LogP contribution is 2.14. The molecule has 6 heteroatoms. The second kappa shape index (κ2) is 5.35. The molecule has 0 aliphatic carbocycles. The Labute approximate surface area is 107 Å². The SMILES string of the molecule is CC(NCc1nn[nH]n1)c1ccc(I)cc1. The minimum absolute atomic E-state index is 0.274. The van der Waals surface area contributed by atoms with Gasteiger partial charge in [-0.2, -0.15) is 5.21 Å². The number of halogens is 1. The monoisotopic (exact) mass is 329 g/mol. The second-order valence-corrected chi connectivity index (χ2v) is 4.73. The molecule has 0 fully saturated rings. The van der Waals surface area contributed by atoms with Crippen LogP contribution in [0.5, 0.6) is 0 Å². The molecule has 84 valence electrons. The van der Waals surface area contributed by atoms with Gasteiger partial charge >= 0.3 is 0 Å². The van der Waals surface area contributed by atoms with E-state index in [0.29, 0.717) is 12.4 Å². The van der Waals surface area contributed by atoms with E-state index in [-0.39, 0.29) is 6.04 Å². The summed E-state index contributed by atoms with van der Waals surface area (Å²) in [4.78, 5) is 0. The number of aromatic amines is 1. The minimum atomic E-state index is 0.274. The molecule has 1 heterocycles. The maximum Gasteiger partial charge on any atom is 0.188 e. The zero-order chi connectivity index (χ0) is 11.4. The summed E-state index contributed by atoms with van der Waals surface area (Å²) in [5, 5.41) is 17.0. The van der Waals surface area contributed by atoms with Crippen LogP contribution in [0.1, 0.15) is 24.4 Å². The molecule has 0 saturated heterocycles. The molecular weight excluding hydrogens is 317 g/mol. The number of hydrogen-bond donors (Lipinski definition) is 2. The summed E-state index contributed by atoms with van der Waals surface area (Å²) in [6, 6.07) is 8.71. The Kier molecular flexibility index (Phi) is 3.83. The standard InChI is InChI=1S/C10H12IN5/c1-7(8-2-4-9(11)5-3-8)12-6-10-13-15-16-14-10/h2-5,7,12H,6H2,1H3,(H,13,14,15,16). The zero-order valence-electron chi connectivity index (χ0n) is 8.81. The molecule has 0 aliphatic rings. The number of nitrogens with zero attached hydrogens (tertiary/aromatic N) is 3. The first-order valence-electron chi connectivity index (χ1n) is 4.97. The largest absolute Gasteiger partial charge is 0.303 e. The Hall–Kier alpha value is -1.02. The molecule has 1 unspecified atom stereocenters. The lowest BCUT2D eigenvalue weighted by atomic mass is 10.1. The summed E-state index contributed by atoms with van der Waals surface area (Å²) >= 11 is 2.30. The Morgan fingerprint density at radius 3 is 2.75 bits per heavy atom. The molecule has 0 saturated carbocycles. The number of H-pyrrole nitrogens is 1. The summed E-state index contributed by atoms with van der Waals surface area (Å²) in [5.74, 6) is 0.678. The third-order valence-corrected chi connectivity index (χ3v) is 3.04. The molecule has 2 rings (SSSR count). The predicted molar refractivity (Wildman–Crippen MR) is 68.6 cm³/mol. The normalized spacial score (nSPS) is 12.6. The van der Waals surface area contributed by atoms with Crippen molar-refractivity contribution in [1.29, 1.82) is 0 Å². The molecule has 0 amide bonds. The average Bonchev–Trinajstić information content (AvgIpc) is 2.80. The van der Waals surface area contributed by atoms with Gasteiger partial charge in [-0.25, -0.2) is 0 Å². The summed E-state index contributed by atoms with van der Waals surface area (Å²) in [6.45, 7) is 2.73. The summed E-state index contributed by atoms with van der Waals surface area (Å²) < 4.78 is 1.24. The Morgan fingerprint density at radius 2 is 2.12 bits per heavy atom. The number of aromatic nitrogens is 4. The van der Waals surface area contributed by atoms with Gasteiger partial charge in [-0.1, -0.05) is 17.3 Å². The smallest absolute Gasteiger partial charge is 0.188 e. The van der Waals surface area contributed by atoms with Crippen molar-refractivity contribution in [3.8, 4) is 0 Å². The molecule has 0 radical (unpaired) electrons. The van der Waals surface area contributed by atoms with Crippen molar-refractivity contribution < 1.29 is 0 Å². The summed E-state index contributed by atoms with van der Waals surface area (Å²) in [5.41, 5.74) is 1.25. The van der Waals surface area contributed by atoms with Crippen LogP contribution in [-0.4, -0.2) is 20.6 Å². The van der Waals surface area contributed by atoms with Crippen molar-refractivity contribution in [3.63, 3.8) is 0 Å². The second-order valence-electron chi connectivity index (χ2n) is 3.48. The fraction of sp³-hybridized carbons (Fsp3) is 0.300. The number of benzene rings is 1. The van der Waals surface area contributed by atoms with Crippen LogP contribution in [0, 0.1) is 3.57 Å². The summed E-state index contributed by atoms with van der Waals surface area (Å²) in [6.07, 6.45) is 0. The number of rotatable bonds is 4. The van der Waals surface area contributed by atoms with Crippen molar-refractivity contribution in [2.45, 2.75) is 19.5 Å². The molecule has 2 aromatic rings. The maximum absolute atomic E-state index is 3.89. The number of hydrogen-bond acceptors (Lipinski definition) is 4. The first kappa shape index (κ1) is 11.5. The van der Waals surface area contributed by atoms with E-state index in [1.165, 1.54) is 9.13 Å². The van der Waals surface area contributed by atoms with E-state index in [9.17, 15) is 0 Å². The summed E-state index contributed by atoms with van der Waals surface area (Å²) in [7, 11) is 0. The van der Waals surface area contributed by atoms with E-state index < -0.39 is 0 Å². The van der Waals surface area contributed by atoms with Crippen LogP contribution < -0.4 is 5.32 Å². The van der Waals surface area contributed by atoms with Crippen LogP contribution in [0.4, 0.5) is 0 Å². The highest BCUT2D eigenvalue weighted by Gasteiger charge is 2.05.